The van der Waals surface area contributed by atoms with Crippen molar-refractivity contribution in [2.45, 2.75) is 25.9 Å². The maximum absolute atomic E-state index is 6.62. The Morgan fingerprint density at radius 1 is 1.21 bits per heavy atom. The van der Waals surface area contributed by atoms with Crippen molar-refractivity contribution >= 4 is 22.5 Å². The number of para-hydroxylation sites is 1. The number of nitrogens with zero attached hydrogens (tertiary/aromatic N) is 3. The van der Waals surface area contributed by atoms with Crippen molar-refractivity contribution in [1.82, 2.24) is 20.1 Å². The molecule has 3 heterocycles. The SMILES string of the molecule is Cc1c(Cl)c(CN2CCN(C3CCNC3)CC2)nc2ccccc12. The van der Waals surface area contributed by atoms with Crippen LogP contribution in [0.2, 0.25) is 5.02 Å². The van der Waals surface area contributed by atoms with Crippen LogP contribution < -0.4 is 5.32 Å². The van der Waals surface area contributed by atoms with Gasteiger partial charge in [-0.05, 0) is 31.5 Å². The van der Waals surface area contributed by atoms with Crippen LogP contribution in [0.1, 0.15) is 17.7 Å². The van der Waals surface area contributed by atoms with Gasteiger partial charge in [-0.15, -0.1) is 0 Å². The van der Waals surface area contributed by atoms with E-state index in [1.807, 2.05) is 12.1 Å². The number of fused-ring (bicyclic) bond motifs is 1. The summed E-state index contributed by atoms with van der Waals surface area (Å²) < 4.78 is 0. The molecule has 0 bridgehead atoms. The van der Waals surface area contributed by atoms with E-state index < -0.39 is 0 Å². The highest BCUT2D eigenvalue weighted by Gasteiger charge is 2.26. The van der Waals surface area contributed by atoms with E-state index in [0.29, 0.717) is 0 Å². The van der Waals surface area contributed by atoms with Crippen molar-refractivity contribution in [2.24, 2.45) is 0 Å². The summed E-state index contributed by atoms with van der Waals surface area (Å²) in [5, 5.41) is 5.46. The fourth-order valence-corrected chi connectivity index (χ4v) is 4.18. The van der Waals surface area contributed by atoms with Crippen LogP contribution in [0.5, 0.6) is 0 Å². The summed E-state index contributed by atoms with van der Waals surface area (Å²) in [6, 6.07) is 9.00. The van der Waals surface area contributed by atoms with Gasteiger partial charge in [0.2, 0.25) is 0 Å². The van der Waals surface area contributed by atoms with Crippen molar-refractivity contribution in [3.63, 3.8) is 0 Å². The van der Waals surface area contributed by atoms with Gasteiger partial charge in [-0.25, -0.2) is 4.98 Å². The van der Waals surface area contributed by atoms with E-state index in [1.165, 1.54) is 13.0 Å². The zero-order valence-electron chi connectivity index (χ0n) is 14.3. The number of hydrogen-bond donors (Lipinski definition) is 1. The molecule has 24 heavy (non-hydrogen) atoms. The van der Waals surface area contributed by atoms with Crippen LogP contribution in [0.25, 0.3) is 10.9 Å². The predicted molar refractivity (Wildman–Crippen MR) is 99.6 cm³/mol. The molecule has 2 aliphatic heterocycles. The lowest BCUT2D eigenvalue weighted by Crippen LogP contribution is -2.50. The molecule has 0 radical (unpaired) electrons. The zero-order valence-corrected chi connectivity index (χ0v) is 15.0. The summed E-state index contributed by atoms with van der Waals surface area (Å²) in [6.07, 6.45) is 1.29. The van der Waals surface area contributed by atoms with Crippen molar-refractivity contribution in [1.29, 1.82) is 0 Å². The molecule has 1 aromatic carbocycles. The Kier molecular flexibility index (Phi) is 4.72. The van der Waals surface area contributed by atoms with Crippen LogP contribution in [0, 0.1) is 6.92 Å². The Morgan fingerprint density at radius 3 is 2.75 bits per heavy atom. The molecule has 2 aliphatic rings. The number of pyridine rings is 1. The second-order valence-electron chi connectivity index (χ2n) is 6.97. The zero-order chi connectivity index (χ0) is 16.5. The molecule has 2 aromatic rings. The molecule has 128 valence electrons. The average molecular weight is 345 g/mol. The molecular weight excluding hydrogens is 320 g/mol. The van der Waals surface area contributed by atoms with Gasteiger partial charge in [-0.1, -0.05) is 29.8 Å². The van der Waals surface area contributed by atoms with Crippen molar-refractivity contribution in [2.75, 3.05) is 39.3 Å². The molecule has 1 unspecified atom stereocenters. The Labute approximate surface area is 148 Å². The van der Waals surface area contributed by atoms with E-state index in [4.69, 9.17) is 16.6 Å². The highest BCUT2D eigenvalue weighted by Crippen LogP contribution is 2.28. The minimum atomic E-state index is 0.733. The van der Waals surface area contributed by atoms with Gasteiger partial charge < -0.3 is 5.32 Å². The number of rotatable bonds is 3. The molecule has 2 saturated heterocycles. The van der Waals surface area contributed by atoms with Crippen LogP contribution in [0.4, 0.5) is 0 Å². The second kappa shape index (κ2) is 6.96. The molecule has 1 atom stereocenters. The third-order valence-electron chi connectivity index (χ3n) is 5.48. The average Bonchev–Trinajstić information content (AvgIpc) is 3.15. The molecule has 0 saturated carbocycles. The first kappa shape index (κ1) is 16.3. The number of benzene rings is 1. The Hall–Kier alpha value is -1.20. The first-order chi connectivity index (χ1) is 11.7. The van der Waals surface area contributed by atoms with E-state index in [-0.39, 0.29) is 0 Å². The van der Waals surface area contributed by atoms with E-state index in [2.05, 4.69) is 34.2 Å². The molecule has 4 nitrogen and oxygen atoms in total. The van der Waals surface area contributed by atoms with Gasteiger partial charge in [0.25, 0.3) is 0 Å². The Bertz CT molecular complexity index is 719. The number of halogens is 1. The predicted octanol–water partition coefficient (Wildman–Crippen LogP) is 2.68. The van der Waals surface area contributed by atoms with Crippen LogP contribution in [-0.2, 0) is 6.54 Å². The van der Waals surface area contributed by atoms with Crippen LogP contribution in [0.3, 0.4) is 0 Å². The summed E-state index contributed by atoms with van der Waals surface area (Å²) in [5.74, 6) is 0. The summed E-state index contributed by atoms with van der Waals surface area (Å²) in [5.41, 5.74) is 3.21. The smallest absolute Gasteiger partial charge is 0.0740 e. The van der Waals surface area contributed by atoms with Gasteiger partial charge in [-0.3, -0.25) is 9.80 Å². The largest absolute Gasteiger partial charge is 0.315 e. The van der Waals surface area contributed by atoms with E-state index in [0.717, 1.165) is 72.5 Å². The topological polar surface area (TPSA) is 31.4 Å². The minimum absolute atomic E-state index is 0.733. The van der Waals surface area contributed by atoms with Gasteiger partial charge >= 0.3 is 0 Å². The van der Waals surface area contributed by atoms with Crippen LogP contribution >= 0.6 is 11.6 Å². The lowest BCUT2D eigenvalue weighted by molar-refractivity contribution is 0.0974. The monoisotopic (exact) mass is 344 g/mol. The number of aryl methyl sites for hydroxylation is 1. The second-order valence-corrected chi connectivity index (χ2v) is 7.35. The van der Waals surface area contributed by atoms with Crippen molar-refractivity contribution in [3.8, 4) is 0 Å². The third-order valence-corrected chi connectivity index (χ3v) is 5.98. The fourth-order valence-electron chi connectivity index (χ4n) is 3.97. The van der Waals surface area contributed by atoms with E-state index >= 15 is 0 Å². The lowest BCUT2D eigenvalue weighted by atomic mass is 10.1. The summed E-state index contributed by atoms with van der Waals surface area (Å²) in [7, 11) is 0. The molecular formula is C19H25ClN4. The first-order valence-corrected chi connectivity index (χ1v) is 9.31. The molecule has 2 fully saturated rings. The quantitative estimate of drug-likeness (QED) is 0.927. The number of nitrogens with one attached hydrogen (secondary N) is 1. The number of piperazine rings is 1. The maximum atomic E-state index is 6.62. The third kappa shape index (κ3) is 3.16. The fraction of sp³-hybridized carbons (Fsp3) is 0.526. The van der Waals surface area contributed by atoms with Crippen LogP contribution in [0.15, 0.2) is 24.3 Å². The van der Waals surface area contributed by atoms with Gasteiger partial charge in [0.15, 0.2) is 0 Å². The highest BCUT2D eigenvalue weighted by atomic mass is 35.5. The molecule has 0 aliphatic carbocycles. The van der Waals surface area contributed by atoms with E-state index in [1.54, 1.807) is 0 Å². The van der Waals surface area contributed by atoms with Gasteiger partial charge in [0.1, 0.15) is 0 Å². The van der Waals surface area contributed by atoms with Crippen molar-refractivity contribution < 1.29 is 0 Å². The molecule has 0 spiro atoms. The van der Waals surface area contributed by atoms with Gasteiger partial charge in [-0.2, -0.15) is 0 Å². The molecule has 0 amide bonds. The molecule has 5 heteroatoms. The lowest BCUT2D eigenvalue weighted by Gasteiger charge is -2.37. The Morgan fingerprint density at radius 2 is 2.00 bits per heavy atom. The molecule has 4 rings (SSSR count). The van der Waals surface area contributed by atoms with Crippen molar-refractivity contribution in [3.05, 3.63) is 40.5 Å². The number of aromatic nitrogens is 1. The number of hydrogen-bond acceptors (Lipinski definition) is 4. The van der Waals surface area contributed by atoms with Gasteiger partial charge in [0, 0.05) is 50.7 Å². The highest BCUT2D eigenvalue weighted by molar-refractivity contribution is 6.32. The minimum Gasteiger partial charge on any atom is -0.315 e. The summed E-state index contributed by atoms with van der Waals surface area (Å²) in [4.78, 5) is 9.95. The van der Waals surface area contributed by atoms with E-state index in [9.17, 15) is 0 Å². The summed E-state index contributed by atoms with van der Waals surface area (Å²) >= 11 is 6.62. The molecule has 1 N–H and O–H groups in total. The first-order valence-electron chi connectivity index (χ1n) is 8.93. The standard InChI is InChI=1S/C19H25ClN4/c1-14-16-4-2-3-5-17(16)22-18(19(14)20)13-23-8-10-24(11-9-23)15-6-7-21-12-15/h2-5,15,21H,6-13H2,1H3. The Balaban J connectivity index is 1.46. The van der Waals surface area contributed by atoms with Crippen LogP contribution in [-0.4, -0.2) is 60.1 Å². The summed E-state index contributed by atoms with van der Waals surface area (Å²) in [6.45, 7) is 9.76. The normalized spacial score (nSPS) is 23.2. The maximum Gasteiger partial charge on any atom is 0.0740 e. The van der Waals surface area contributed by atoms with Gasteiger partial charge in [0.05, 0.1) is 16.2 Å². The molecule has 1 aromatic heterocycles.